The fraction of sp³-hybridized carbons (Fsp3) is 0.333. The molecule has 1 aromatic rings. The molecule has 3 heteroatoms. The summed E-state index contributed by atoms with van der Waals surface area (Å²) in [5.74, 6) is -0.467. The van der Waals surface area contributed by atoms with Crippen molar-refractivity contribution in [1.29, 1.82) is 0 Å². The van der Waals surface area contributed by atoms with E-state index in [9.17, 15) is 8.78 Å². The summed E-state index contributed by atoms with van der Waals surface area (Å²) < 4.78 is 29.4. The molecule has 0 atom stereocenters. The zero-order chi connectivity index (χ0) is 9.14. The lowest BCUT2D eigenvalue weighted by Crippen LogP contribution is -1.97. The second-order valence-electron chi connectivity index (χ2n) is 2.60. The number of aryl methyl sites for hydroxylation is 2. The fourth-order valence-electron chi connectivity index (χ4n) is 0.983. The molecule has 0 unspecified atom stereocenters. The molecule has 1 aromatic carbocycles. The lowest BCUT2D eigenvalue weighted by Gasteiger charge is -2.07. The molecule has 1 rings (SSSR count). The van der Waals surface area contributed by atoms with Crippen molar-refractivity contribution < 1.29 is 13.5 Å². The van der Waals surface area contributed by atoms with Gasteiger partial charge in [-0.15, -0.1) is 0 Å². The van der Waals surface area contributed by atoms with Gasteiger partial charge in [-0.2, -0.15) is 0 Å². The first kappa shape index (κ1) is 8.97. The van der Waals surface area contributed by atoms with E-state index in [0.29, 0.717) is 11.1 Å². The average Bonchev–Trinajstić information content (AvgIpc) is 2.06. The fourth-order valence-corrected chi connectivity index (χ4v) is 0.983. The maximum Gasteiger partial charge on any atom is 0.228 e. The highest BCUT2D eigenvalue weighted by Gasteiger charge is 2.08. The molecule has 0 amide bonds. The molecule has 0 saturated heterocycles. The summed E-state index contributed by atoms with van der Waals surface area (Å²) >= 11 is 0. The summed E-state index contributed by atoms with van der Waals surface area (Å²) in [4.78, 5) is 0. The standard InChI is InChI=1S/C9H10F2O/c1-6-3-4-7(2)9(8(6)11)12-5-10/h3-4H,5H2,1-2H3. The van der Waals surface area contributed by atoms with Gasteiger partial charge in [-0.3, -0.25) is 0 Å². The van der Waals surface area contributed by atoms with E-state index in [0.717, 1.165) is 0 Å². The number of benzene rings is 1. The highest BCUT2D eigenvalue weighted by Crippen LogP contribution is 2.24. The lowest BCUT2D eigenvalue weighted by molar-refractivity contribution is 0.183. The Balaban J connectivity index is 3.14. The van der Waals surface area contributed by atoms with Crippen LogP contribution in [0.4, 0.5) is 8.78 Å². The Bertz CT molecular complexity index is 284. The van der Waals surface area contributed by atoms with Crippen molar-refractivity contribution in [3.8, 4) is 5.75 Å². The van der Waals surface area contributed by atoms with Crippen LogP contribution >= 0.6 is 0 Å². The van der Waals surface area contributed by atoms with Crippen LogP contribution in [-0.4, -0.2) is 6.86 Å². The molecule has 12 heavy (non-hydrogen) atoms. The first-order chi connectivity index (χ1) is 5.66. The van der Waals surface area contributed by atoms with Crippen LogP contribution in [-0.2, 0) is 0 Å². The van der Waals surface area contributed by atoms with Crippen LogP contribution in [0.15, 0.2) is 12.1 Å². The molecule has 0 fully saturated rings. The topological polar surface area (TPSA) is 9.23 Å². The van der Waals surface area contributed by atoms with Crippen molar-refractivity contribution in [2.75, 3.05) is 6.86 Å². The predicted molar refractivity (Wildman–Crippen MR) is 42.5 cm³/mol. The monoisotopic (exact) mass is 172 g/mol. The molecular weight excluding hydrogens is 162 g/mol. The van der Waals surface area contributed by atoms with Crippen LogP contribution in [0, 0.1) is 19.7 Å². The van der Waals surface area contributed by atoms with Gasteiger partial charge in [0.25, 0.3) is 0 Å². The van der Waals surface area contributed by atoms with E-state index in [1.54, 1.807) is 26.0 Å². The first-order valence-electron chi connectivity index (χ1n) is 3.61. The Labute approximate surface area is 70.0 Å². The van der Waals surface area contributed by atoms with Crippen LogP contribution in [0.5, 0.6) is 5.75 Å². The van der Waals surface area contributed by atoms with Gasteiger partial charge in [0.15, 0.2) is 11.6 Å². The van der Waals surface area contributed by atoms with Gasteiger partial charge in [0.05, 0.1) is 0 Å². The maximum atomic E-state index is 13.2. The van der Waals surface area contributed by atoms with Gasteiger partial charge in [0, 0.05) is 0 Å². The van der Waals surface area contributed by atoms with Crippen molar-refractivity contribution in [1.82, 2.24) is 0 Å². The van der Waals surface area contributed by atoms with Gasteiger partial charge in [-0.1, -0.05) is 12.1 Å². The molecule has 66 valence electrons. The zero-order valence-corrected chi connectivity index (χ0v) is 7.03. The molecule has 0 radical (unpaired) electrons. The number of hydrogen-bond donors (Lipinski definition) is 0. The molecule has 0 N–H and O–H groups in total. The second-order valence-corrected chi connectivity index (χ2v) is 2.60. The third-order valence-corrected chi connectivity index (χ3v) is 1.69. The summed E-state index contributed by atoms with van der Waals surface area (Å²) in [6, 6.07) is 3.33. The van der Waals surface area contributed by atoms with Crippen molar-refractivity contribution in [2.24, 2.45) is 0 Å². The number of alkyl halides is 1. The Hall–Kier alpha value is -1.12. The summed E-state index contributed by atoms with van der Waals surface area (Å²) in [7, 11) is 0. The third kappa shape index (κ3) is 1.55. The minimum absolute atomic E-state index is 0.0116. The van der Waals surface area contributed by atoms with Crippen LogP contribution in [0.3, 0.4) is 0 Å². The summed E-state index contributed by atoms with van der Waals surface area (Å²) in [5.41, 5.74) is 1.07. The number of hydrogen-bond acceptors (Lipinski definition) is 1. The molecule has 0 aliphatic rings. The number of halogens is 2. The van der Waals surface area contributed by atoms with Crippen LogP contribution in [0.25, 0.3) is 0 Å². The molecule has 0 aliphatic carbocycles. The van der Waals surface area contributed by atoms with Crippen molar-refractivity contribution >= 4 is 0 Å². The minimum Gasteiger partial charge on any atom is -0.460 e. The van der Waals surface area contributed by atoms with E-state index in [1.165, 1.54) is 0 Å². The summed E-state index contributed by atoms with van der Waals surface area (Å²) in [6.07, 6.45) is 0. The molecule has 1 nitrogen and oxygen atoms in total. The number of ether oxygens (including phenoxy) is 1. The average molecular weight is 172 g/mol. The molecule has 0 bridgehead atoms. The van der Waals surface area contributed by atoms with Crippen LogP contribution in [0.1, 0.15) is 11.1 Å². The maximum absolute atomic E-state index is 13.2. The second kappa shape index (κ2) is 3.52. The normalized spacial score (nSPS) is 10.0. The van der Waals surface area contributed by atoms with E-state index >= 15 is 0 Å². The summed E-state index contributed by atoms with van der Waals surface area (Å²) in [5, 5.41) is 0. The third-order valence-electron chi connectivity index (χ3n) is 1.69. The van der Waals surface area contributed by atoms with E-state index in [-0.39, 0.29) is 5.75 Å². The zero-order valence-electron chi connectivity index (χ0n) is 7.03. The van der Waals surface area contributed by atoms with E-state index in [1.807, 2.05) is 0 Å². The Morgan fingerprint density at radius 1 is 1.25 bits per heavy atom. The van der Waals surface area contributed by atoms with Crippen molar-refractivity contribution in [3.63, 3.8) is 0 Å². The van der Waals surface area contributed by atoms with Gasteiger partial charge >= 0.3 is 0 Å². The van der Waals surface area contributed by atoms with Crippen LogP contribution in [0.2, 0.25) is 0 Å². The minimum atomic E-state index is -0.999. The Morgan fingerprint density at radius 2 is 1.83 bits per heavy atom. The van der Waals surface area contributed by atoms with Crippen molar-refractivity contribution in [2.45, 2.75) is 13.8 Å². The smallest absolute Gasteiger partial charge is 0.228 e. The molecular formula is C9H10F2O. The van der Waals surface area contributed by atoms with Gasteiger partial charge < -0.3 is 4.74 Å². The van der Waals surface area contributed by atoms with E-state index in [4.69, 9.17) is 0 Å². The summed E-state index contributed by atoms with van der Waals surface area (Å²) in [6.45, 7) is 2.29. The Morgan fingerprint density at radius 3 is 2.42 bits per heavy atom. The highest BCUT2D eigenvalue weighted by molar-refractivity contribution is 5.37. The van der Waals surface area contributed by atoms with Gasteiger partial charge in [0.1, 0.15) is 0 Å². The van der Waals surface area contributed by atoms with Crippen molar-refractivity contribution in [3.05, 3.63) is 29.1 Å². The van der Waals surface area contributed by atoms with Gasteiger partial charge in [0.2, 0.25) is 6.86 Å². The van der Waals surface area contributed by atoms with Gasteiger partial charge in [-0.25, -0.2) is 8.78 Å². The van der Waals surface area contributed by atoms with Gasteiger partial charge in [-0.05, 0) is 25.0 Å². The molecule has 0 saturated carbocycles. The molecule has 0 aromatic heterocycles. The first-order valence-corrected chi connectivity index (χ1v) is 3.61. The number of rotatable bonds is 2. The van der Waals surface area contributed by atoms with E-state index < -0.39 is 12.7 Å². The quantitative estimate of drug-likeness (QED) is 0.666. The largest absolute Gasteiger partial charge is 0.460 e. The lowest BCUT2D eigenvalue weighted by atomic mass is 10.1. The Kier molecular flexibility index (Phi) is 2.63. The SMILES string of the molecule is Cc1ccc(C)c(OCF)c1F. The van der Waals surface area contributed by atoms with E-state index in [2.05, 4.69) is 4.74 Å². The molecule has 0 aliphatic heterocycles. The van der Waals surface area contributed by atoms with Crippen LogP contribution < -0.4 is 4.74 Å². The molecule has 0 spiro atoms. The predicted octanol–water partition coefficient (Wildman–Crippen LogP) is 2.75. The molecule has 0 heterocycles. The highest BCUT2D eigenvalue weighted by atomic mass is 19.1.